The molecule has 8 nitrogen and oxygen atoms in total. The number of fused-ring (bicyclic) bond motifs is 3. The van der Waals surface area contributed by atoms with E-state index in [0.29, 0.717) is 18.4 Å². The van der Waals surface area contributed by atoms with Crippen LogP contribution in [0.3, 0.4) is 0 Å². The fraction of sp³-hybridized carbons (Fsp3) is 0.647. The van der Waals surface area contributed by atoms with E-state index < -0.39 is 59.0 Å². The van der Waals surface area contributed by atoms with Crippen LogP contribution in [0.5, 0.6) is 0 Å². The molecule has 10 atom stereocenters. The number of carbonyl (C=O) groups is 4. The Morgan fingerprint density at radius 1 is 0.786 bits per heavy atom. The van der Waals surface area contributed by atoms with Gasteiger partial charge in [-0.05, 0) is 19.3 Å². The first-order valence-electron chi connectivity index (χ1n) is 15.8. The SMILES string of the molecule is C=CC[C@@]12O[C@@H]1C(=O)C1=C(C2=O)[C@H]2C(CCCCC)O[C@@H]1[C@]13C(=O)[C@]4(CC=C)O[C@@H]4C(=O)C1=CO[C@@H](CCCCC)C23. The van der Waals surface area contributed by atoms with Gasteiger partial charge in [0.05, 0.1) is 12.4 Å². The zero-order valence-electron chi connectivity index (χ0n) is 24.5. The van der Waals surface area contributed by atoms with Crippen LogP contribution in [0.2, 0.25) is 0 Å². The predicted octanol–water partition coefficient (Wildman–Crippen LogP) is 4.46. The van der Waals surface area contributed by atoms with Crippen LogP contribution >= 0.6 is 0 Å². The Morgan fingerprint density at radius 3 is 2.07 bits per heavy atom. The molecule has 1 saturated carbocycles. The maximum Gasteiger partial charge on any atom is 0.195 e. The molecule has 5 aliphatic heterocycles. The second-order valence-electron chi connectivity index (χ2n) is 13.1. The van der Waals surface area contributed by atoms with Gasteiger partial charge in [0.2, 0.25) is 0 Å². The first-order valence-corrected chi connectivity index (χ1v) is 15.8. The minimum absolute atomic E-state index is 0.190. The van der Waals surface area contributed by atoms with E-state index in [0.717, 1.165) is 38.5 Å². The van der Waals surface area contributed by atoms with Crippen molar-refractivity contribution in [1.29, 1.82) is 0 Å². The molecule has 3 saturated heterocycles. The molecule has 0 radical (unpaired) electrons. The van der Waals surface area contributed by atoms with Gasteiger partial charge in [0.25, 0.3) is 0 Å². The van der Waals surface area contributed by atoms with E-state index in [-0.39, 0.29) is 47.1 Å². The third-order valence-corrected chi connectivity index (χ3v) is 11.0. The van der Waals surface area contributed by atoms with Crippen molar-refractivity contribution >= 4 is 23.1 Å². The standard InChI is InChI=1S/C34H40O8/c1-5-9-11-13-19-21-22-23(26(36)30-32(41-30,15-7-3)27(22)37)28(40-19)34-18(17-39-20(24(21)34)14-12-10-6-2)25(35)29-33(42-29,16-8-4)31(34)38/h7-8,17,19-21,24,28-30H,3-6,9-16H2,1-2H3/t19?,20-,21+,24?,28-,29+,30+,32-,33+,34-/m0/s1. The van der Waals surface area contributed by atoms with Crippen molar-refractivity contribution in [2.24, 2.45) is 17.3 Å². The Bertz CT molecular complexity index is 1360. The fourth-order valence-electron chi connectivity index (χ4n) is 9.11. The third kappa shape index (κ3) is 3.29. The molecule has 2 bridgehead atoms. The molecular formula is C34H40O8. The second kappa shape index (κ2) is 9.66. The molecule has 8 aliphatic rings. The first-order chi connectivity index (χ1) is 20.3. The zero-order chi connectivity index (χ0) is 29.6. The number of ether oxygens (including phenoxy) is 4. The van der Waals surface area contributed by atoms with Crippen LogP contribution in [0.15, 0.2) is 48.3 Å². The molecule has 8 heteroatoms. The van der Waals surface area contributed by atoms with Crippen molar-refractivity contribution in [2.45, 2.75) is 120 Å². The van der Waals surface area contributed by atoms with Crippen LogP contribution in [0.25, 0.3) is 0 Å². The quantitative estimate of drug-likeness (QED) is 0.190. The topological polar surface area (TPSA) is 112 Å². The molecule has 0 aromatic heterocycles. The summed E-state index contributed by atoms with van der Waals surface area (Å²) in [4.78, 5) is 57.6. The lowest BCUT2D eigenvalue weighted by Gasteiger charge is -2.63. The van der Waals surface area contributed by atoms with Gasteiger partial charge in [0, 0.05) is 41.4 Å². The number of ketones is 4. The molecule has 0 aromatic carbocycles. The molecule has 2 unspecified atom stereocenters. The van der Waals surface area contributed by atoms with Crippen LogP contribution in [0.1, 0.15) is 78.1 Å². The largest absolute Gasteiger partial charge is 0.497 e. The highest BCUT2D eigenvalue weighted by Crippen LogP contribution is 2.70. The fourth-order valence-corrected chi connectivity index (χ4v) is 9.11. The predicted molar refractivity (Wildman–Crippen MR) is 151 cm³/mol. The maximum atomic E-state index is 15.0. The van der Waals surface area contributed by atoms with Crippen molar-refractivity contribution in [3.63, 3.8) is 0 Å². The van der Waals surface area contributed by atoms with Gasteiger partial charge >= 0.3 is 0 Å². The molecule has 0 aromatic rings. The minimum atomic E-state index is -1.48. The molecule has 3 aliphatic carbocycles. The smallest absolute Gasteiger partial charge is 0.195 e. The average molecular weight is 577 g/mol. The third-order valence-electron chi connectivity index (χ3n) is 11.0. The van der Waals surface area contributed by atoms with E-state index in [9.17, 15) is 14.4 Å². The van der Waals surface area contributed by atoms with Crippen LogP contribution in [0.4, 0.5) is 0 Å². The summed E-state index contributed by atoms with van der Waals surface area (Å²) < 4.78 is 25.1. The van der Waals surface area contributed by atoms with E-state index >= 15 is 4.79 Å². The average Bonchev–Trinajstić information content (AvgIpc) is 3.90. The number of unbranched alkanes of at least 4 members (excludes halogenated alkanes) is 4. The molecule has 8 rings (SSSR count). The Hall–Kier alpha value is -2.68. The van der Waals surface area contributed by atoms with Crippen LogP contribution in [-0.4, -0.2) is 64.9 Å². The summed E-state index contributed by atoms with van der Waals surface area (Å²) in [5.41, 5.74) is -3.15. The summed E-state index contributed by atoms with van der Waals surface area (Å²) in [7, 11) is 0. The summed E-state index contributed by atoms with van der Waals surface area (Å²) in [6.45, 7) is 11.9. The van der Waals surface area contributed by atoms with Crippen LogP contribution < -0.4 is 0 Å². The van der Waals surface area contributed by atoms with E-state index in [4.69, 9.17) is 18.9 Å². The molecule has 42 heavy (non-hydrogen) atoms. The normalized spacial score (nSPS) is 43.9. The lowest BCUT2D eigenvalue weighted by molar-refractivity contribution is -0.213. The van der Waals surface area contributed by atoms with Crippen LogP contribution in [-0.2, 0) is 38.1 Å². The Morgan fingerprint density at radius 2 is 1.40 bits per heavy atom. The van der Waals surface area contributed by atoms with Gasteiger partial charge in [-0.2, -0.15) is 0 Å². The number of epoxide rings is 2. The molecular weight excluding hydrogens is 536 g/mol. The summed E-state index contributed by atoms with van der Waals surface area (Å²) in [6, 6.07) is 0. The number of hydrogen-bond acceptors (Lipinski definition) is 8. The van der Waals surface area contributed by atoms with Gasteiger partial charge in [-0.3, -0.25) is 19.2 Å². The van der Waals surface area contributed by atoms with Crippen molar-refractivity contribution in [2.75, 3.05) is 0 Å². The maximum absolute atomic E-state index is 15.0. The molecule has 5 heterocycles. The highest BCUT2D eigenvalue weighted by molar-refractivity contribution is 6.25. The Labute approximate surface area is 246 Å². The number of rotatable bonds is 12. The van der Waals surface area contributed by atoms with E-state index in [1.54, 1.807) is 12.2 Å². The van der Waals surface area contributed by atoms with Gasteiger partial charge in [-0.15, -0.1) is 13.2 Å². The molecule has 224 valence electrons. The highest BCUT2D eigenvalue weighted by atomic mass is 16.6. The summed E-state index contributed by atoms with van der Waals surface area (Å²) in [5.74, 6) is -2.19. The molecule has 4 fully saturated rings. The van der Waals surface area contributed by atoms with Gasteiger partial charge in [-0.25, -0.2) is 0 Å². The molecule has 0 N–H and O–H groups in total. The highest BCUT2D eigenvalue weighted by Gasteiger charge is 2.84. The van der Waals surface area contributed by atoms with Gasteiger partial charge in [0.15, 0.2) is 46.5 Å². The van der Waals surface area contributed by atoms with Gasteiger partial charge in [-0.1, -0.05) is 58.1 Å². The van der Waals surface area contributed by atoms with Crippen molar-refractivity contribution < 1.29 is 38.1 Å². The van der Waals surface area contributed by atoms with Crippen molar-refractivity contribution in [3.8, 4) is 0 Å². The summed E-state index contributed by atoms with van der Waals surface area (Å²) in [5, 5.41) is 0. The number of Topliss-reactive ketones (excluding diaryl/α,β-unsaturated/α-hetero) is 4. The molecule has 1 spiro atoms. The van der Waals surface area contributed by atoms with Crippen LogP contribution in [0, 0.1) is 17.3 Å². The molecule has 0 amide bonds. The lowest BCUT2D eigenvalue weighted by Crippen LogP contribution is -2.74. The monoisotopic (exact) mass is 576 g/mol. The summed E-state index contributed by atoms with van der Waals surface area (Å²) in [6.07, 6.45) is 8.51. The van der Waals surface area contributed by atoms with E-state index in [2.05, 4.69) is 27.0 Å². The second-order valence-corrected chi connectivity index (χ2v) is 13.1. The zero-order valence-corrected chi connectivity index (χ0v) is 24.5. The number of carbonyl (C=O) groups excluding carboxylic acids is 4. The van der Waals surface area contributed by atoms with E-state index in [1.165, 1.54) is 6.26 Å². The van der Waals surface area contributed by atoms with E-state index in [1.807, 2.05) is 0 Å². The van der Waals surface area contributed by atoms with Crippen molar-refractivity contribution in [3.05, 3.63) is 48.3 Å². The lowest BCUT2D eigenvalue weighted by atomic mass is 9.43. The number of hydrogen-bond donors (Lipinski definition) is 0. The van der Waals surface area contributed by atoms with Gasteiger partial charge < -0.3 is 18.9 Å². The Kier molecular flexibility index (Phi) is 6.47. The Balaban J connectivity index is 1.44. The minimum Gasteiger partial charge on any atom is -0.497 e. The summed E-state index contributed by atoms with van der Waals surface area (Å²) >= 11 is 0. The first kappa shape index (κ1) is 28.1. The van der Waals surface area contributed by atoms with Gasteiger partial charge in [0.1, 0.15) is 17.6 Å². The van der Waals surface area contributed by atoms with Crippen molar-refractivity contribution in [1.82, 2.24) is 0 Å².